The Labute approximate surface area is 151 Å². The van der Waals surface area contributed by atoms with Gasteiger partial charge in [0.2, 0.25) is 5.88 Å². The smallest absolute Gasteiger partial charge is 0.258 e. The van der Waals surface area contributed by atoms with Crippen molar-refractivity contribution in [2.75, 3.05) is 6.61 Å². The topological polar surface area (TPSA) is 69.0 Å². The highest BCUT2D eigenvalue weighted by Crippen LogP contribution is 2.24. The zero-order chi connectivity index (χ0) is 17.8. The van der Waals surface area contributed by atoms with Crippen molar-refractivity contribution in [2.45, 2.75) is 25.4 Å². The molecule has 0 radical (unpaired) electrons. The first-order chi connectivity index (χ1) is 12.8. The third-order valence-electron chi connectivity index (χ3n) is 4.42. The summed E-state index contributed by atoms with van der Waals surface area (Å²) < 4.78 is 7.39. The second kappa shape index (κ2) is 7.39. The number of pyridine rings is 1. The molecule has 26 heavy (non-hydrogen) atoms. The standard InChI is InChI=1S/C20H20N4O2/c25-19(16-14-22-24-11-6-12-26-20(16)24)23-18(17-9-4-5-10-21-17)13-15-7-2-1-3-8-15/h1-5,7-10,14,18H,6,11-13H2,(H,23,25)/t18-/m0/s1. The van der Waals surface area contributed by atoms with Crippen LogP contribution in [0.4, 0.5) is 0 Å². The van der Waals surface area contributed by atoms with Gasteiger partial charge in [0.1, 0.15) is 5.56 Å². The van der Waals surface area contributed by atoms with Crippen molar-refractivity contribution in [1.29, 1.82) is 0 Å². The maximum Gasteiger partial charge on any atom is 0.258 e. The van der Waals surface area contributed by atoms with Crippen molar-refractivity contribution in [2.24, 2.45) is 0 Å². The lowest BCUT2D eigenvalue weighted by molar-refractivity contribution is 0.0929. The number of ether oxygens (including phenoxy) is 1. The van der Waals surface area contributed by atoms with Crippen LogP contribution in [0.25, 0.3) is 0 Å². The summed E-state index contributed by atoms with van der Waals surface area (Å²) in [7, 11) is 0. The summed E-state index contributed by atoms with van der Waals surface area (Å²) in [5, 5.41) is 7.36. The molecule has 0 saturated heterocycles. The average Bonchev–Trinajstić information content (AvgIpc) is 3.13. The SMILES string of the molecule is O=C(N[C@@H](Cc1ccccc1)c1ccccn1)c1cnn2c1OCCC2. The van der Waals surface area contributed by atoms with Gasteiger partial charge >= 0.3 is 0 Å². The van der Waals surface area contributed by atoms with Crippen LogP contribution in [-0.4, -0.2) is 27.3 Å². The van der Waals surface area contributed by atoms with E-state index in [4.69, 9.17) is 4.74 Å². The zero-order valence-corrected chi connectivity index (χ0v) is 14.3. The van der Waals surface area contributed by atoms with Gasteiger partial charge in [0.05, 0.1) is 24.5 Å². The molecule has 6 heteroatoms. The number of nitrogens with one attached hydrogen (secondary N) is 1. The molecule has 0 saturated carbocycles. The Hall–Kier alpha value is -3.15. The molecule has 4 rings (SSSR count). The van der Waals surface area contributed by atoms with Gasteiger partial charge in [-0.3, -0.25) is 9.78 Å². The summed E-state index contributed by atoms with van der Waals surface area (Å²) >= 11 is 0. The van der Waals surface area contributed by atoms with Gasteiger partial charge in [0.25, 0.3) is 5.91 Å². The third-order valence-corrected chi connectivity index (χ3v) is 4.42. The number of hydrogen-bond acceptors (Lipinski definition) is 4. The Morgan fingerprint density at radius 2 is 2.04 bits per heavy atom. The Morgan fingerprint density at radius 1 is 1.19 bits per heavy atom. The molecule has 0 bridgehead atoms. The van der Waals surface area contributed by atoms with Crippen molar-refractivity contribution in [3.63, 3.8) is 0 Å². The average molecular weight is 348 g/mol. The number of benzene rings is 1. The van der Waals surface area contributed by atoms with E-state index in [2.05, 4.69) is 15.4 Å². The van der Waals surface area contributed by atoms with Gasteiger partial charge in [-0.05, 0) is 24.1 Å². The number of aryl methyl sites for hydroxylation is 1. The number of nitrogens with zero attached hydrogens (tertiary/aromatic N) is 3. The van der Waals surface area contributed by atoms with E-state index in [1.807, 2.05) is 48.5 Å². The fourth-order valence-electron chi connectivity index (χ4n) is 3.12. The van der Waals surface area contributed by atoms with E-state index in [-0.39, 0.29) is 11.9 Å². The molecule has 0 unspecified atom stereocenters. The van der Waals surface area contributed by atoms with Crippen molar-refractivity contribution >= 4 is 5.91 Å². The van der Waals surface area contributed by atoms with Crippen LogP contribution in [0.3, 0.4) is 0 Å². The van der Waals surface area contributed by atoms with E-state index in [1.165, 1.54) is 0 Å². The fraction of sp³-hybridized carbons (Fsp3) is 0.250. The molecule has 1 N–H and O–H groups in total. The molecule has 1 atom stereocenters. The maximum atomic E-state index is 12.9. The van der Waals surface area contributed by atoms with Crippen LogP contribution in [0.1, 0.15) is 34.1 Å². The molecule has 0 fully saturated rings. The van der Waals surface area contributed by atoms with E-state index in [0.29, 0.717) is 24.5 Å². The lowest BCUT2D eigenvalue weighted by Crippen LogP contribution is -2.31. The van der Waals surface area contributed by atoms with Gasteiger partial charge in [0, 0.05) is 19.2 Å². The van der Waals surface area contributed by atoms with E-state index < -0.39 is 0 Å². The van der Waals surface area contributed by atoms with Gasteiger partial charge < -0.3 is 10.1 Å². The number of aromatic nitrogens is 3. The Morgan fingerprint density at radius 3 is 2.85 bits per heavy atom. The minimum Gasteiger partial charge on any atom is -0.477 e. The molecular weight excluding hydrogens is 328 g/mol. The summed E-state index contributed by atoms with van der Waals surface area (Å²) in [4.78, 5) is 17.3. The van der Waals surface area contributed by atoms with Crippen LogP contribution in [-0.2, 0) is 13.0 Å². The largest absolute Gasteiger partial charge is 0.477 e. The van der Waals surface area contributed by atoms with Gasteiger partial charge in [0.15, 0.2) is 0 Å². The van der Waals surface area contributed by atoms with Crippen molar-refractivity contribution in [1.82, 2.24) is 20.1 Å². The Bertz CT molecular complexity index is 877. The van der Waals surface area contributed by atoms with Gasteiger partial charge in [-0.2, -0.15) is 5.10 Å². The van der Waals surface area contributed by atoms with Crippen LogP contribution >= 0.6 is 0 Å². The van der Waals surface area contributed by atoms with Crippen LogP contribution in [0.15, 0.2) is 60.9 Å². The predicted molar refractivity (Wildman–Crippen MR) is 96.9 cm³/mol. The zero-order valence-electron chi connectivity index (χ0n) is 14.3. The molecule has 6 nitrogen and oxygen atoms in total. The number of fused-ring (bicyclic) bond motifs is 1. The lowest BCUT2D eigenvalue weighted by Gasteiger charge is -2.20. The first kappa shape index (κ1) is 16.3. The maximum absolute atomic E-state index is 12.9. The second-order valence-electron chi connectivity index (χ2n) is 6.26. The summed E-state index contributed by atoms with van der Waals surface area (Å²) in [6.07, 6.45) is 4.88. The summed E-state index contributed by atoms with van der Waals surface area (Å²) in [5.41, 5.74) is 2.43. The van der Waals surface area contributed by atoms with Gasteiger partial charge in [-0.25, -0.2) is 4.68 Å². The van der Waals surface area contributed by atoms with Crippen LogP contribution in [0, 0.1) is 0 Å². The van der Waals surface area contributed by atoms with E-state index >= 15 is 0 Å². The third kappa shape index (κ3) is 3.44. The number of carbonyl (C=O) groups excluding carboxylic acids is 1. The quantitative estimate of drug-likeness (QED) is 0.770. The molecule has 1 aliphatic heterocycles. The van der Waals surface area contributed by atoms with Crippen LogP contribution in [0.2, 0.25) is 0 Å². The molecule has 1 aromatic carbocycles. The monoisotopic (exact) mass is 348 g/mol. The lowest BCUT2D eigenvalue weighted by atomic mass is 10.0. The number of amides is 1. The molecule has 3 aromatic rings. The van der Waals surface area contributed by atoms with Crippen LogP contribution in [0.5, 0.6) is 5.88 Å². The van der Waals surface area contributed by atoms with E-state index in [0.717, 1.165) is 24.2 Å². The fourth-order valence-corrected chi connectivity index (χ4v) is 3.12. The first-order valence-electron chi connectivity index (χ1n) is 8.75. The predicted octanol–water partition coefficient (Wildman–Crippen LogP) is 2.77. The molecule has 3 heterocycles. The molecule has 132 valence electrons. The number of hydrogen-bond donors (Lipinski definition) is 1. The van der Waals surface area contributed by atoms with E-state index in [9.17, 15) is 4.79 Å². The van der Waals surface area contributed by atoms with Crippen LogP contribution < -0.4 is 10.1 Å². The molecule has 0 spiro atoms. The second-order valence-corrected chi connectivity index (χ2v) is 6.26. The summed E-state index contributed by atoms with van der Waals surface area (Å²) in [5.74, 6) is 0.355. The van der Waals surface area contributed by atoms with Crippen molar-refractivity contribution in [3.8, 4) is 5.88 Å². The highest BCUT2D eigenvalue weighted by atomic mass is 16.5. The summed E-state index contributed by atoms with van der Waals surface area (Å²) in [6.45, 7) is 1.38. The minimum atomic E-state index is -0.231. The normalized spacial score (nSPS) is 14.2. The molecule has 2 aromatic heterocycles. The number of carbonyl (C=O) groups is 1. The summed E-state index contributed by atoms with van der Waals surface area (Å²) in [6, 6.07) is 15.6. The van der Waals surface area contributed by atoms with Gasteiger partial charge in [-0.1, -0.05) is 36.4 Å². The molecular formula is C20H20N4O2. The molecule has 0 aliphatic carbocycles. The Balaban J connectivity index is 1.58. The molecule has 1 aliphatic rings. The molecule has 1 amide bonds. The Kier molecular flexibility index (Phi) is 4.64. The van der Waals surface area contributed by atoms with Gasteiger partial charge in [-0.15, -0.1) is 0 Å². The highest BCUT2D eigenvalue weighted by Gasteiger charge is 2.24. The van der Waals surface area contributed by atoms with Crippen molar-refractivity contribution in [3.05, 3.63) is 77.7 Å². The highest BCUT2D eigenvalue weighted by molar-refractivity contribution is 5.96. The number of rotatable bonds is 5. The first-order valence-corrected chi connectivity index (χ1v) is 8.75. The van der Waals surface area contributed by atoms with Crippen molar-refractivity contribution < 1.29 is 9.53 Å². The minimum absolute atomic E-state index is 0.195. The van der Waals surface area contributed by atoms with E-state index in [1.54, 1.807) is 17.1 Å².